The van der Waals surface area contributed by atoms with Gasteiger partial charge in [0.15, 0.2) is 17.5 Å². The average Bonchev–Trinajstić information content (AvgIpc) is 3.37. The Labute approximate surface area is 360 Å². The molecule has 0 aliphatic rings. The highest BCUT2D eigenvalue weighted by molar-refractivity contribution is 6.08. The maximum Gasteiger partial charge on any atom is 0.164 e. The molecule has 11 aromatic rings. The zero-order valence-electron chi connectivity index (χ0n) is 33.7. The van der Waals surface area contributed by atoms with Gasteiger partial charge in [0.25, 0.3) is 0 Å². The monoisotopic (exact) mass is 790 g/mol. The standard InChI is InChI=1S/C58H38N4/c1-3-8-39(9-4-1)41-18-25-47(26-19-41)56-60-57(48-27-20-42(21-28-48)40-10-5-2-6-11-40)62-58(61-56)49-29-22-44(23-30-49)51-13-7-12-50(36-51)43-14-16-45(17-15-43)52-32-33-54-53(37-52)31-24-46-34-35-59-38-55(46)54/h1-38H. The first-order chi connectivity index (χ1) is 30.7. The van der Waals surface area contributed by atoms with Gasteiger partial charge in [0.1, 0.15) is 0 Å². The van der Waals surface area contributed by atoms with Crippen molar-refractivity contribution in [3.05, 3.63) is 231 Å². The Morgan fingerprint density at radius 3 is 1.05 bits per heavy atom. The summed E-state index contributed by atoms with van der Waals surface area (Å²) < 4.78 is 0. The van der Waals surface area contributed by atoms with Crippen LogP contribution in [0.25, 0.3) is 111 Å². The molecule has 0 unspecified atom stereocenters. The summed E-state index contributed by atoms with van der Waals surface area (Å²) in [5.41, 5.74) is 14.4. The fourth-order valence-corrected chi connectivity index (χ4v) is 8.27. The molecule has 2 aromatic heterocycles. The number of hydrogen-bond acceptors (Lipinski definition) is 4. The van der Waals surface area contributed by atoms with Gasteiger partial charge in [-0.15, -0.1) is 0 Å². The van der Waals surface area contributed by atoms with Crippen LogP contribution < -0.4 is 0 Å². The van der Waals surface area contributed by atoms with Crippen molar-refractivity contribution in [3.8, 4) is 89.8 Å². The molecule has 0 spiro atoms. The zero-order valence-corrected chi connectivity index (χ0v) is 33.7. The molecule has 0 N–H and O–H groups in total. The Morgan fingerprint density at radius 2 is 0.581 bits per heavy atom. The van der Waals surface area contributed by atoms with E-state index in [1.54, 1.807) is 0 Å². The molecular weight excluding hydrogens is 753 g/mol. The summed E-state index contributed by atoms with van der Waals surface area (Å²) in [5, 5.41) is 4.82. The second-order valence-electron chi connectivity index (χ2n) is 15.5. The largest absolute Gasteiger partial charge is 0.264 e. The van der Waals surface area contributed by atoms with Crippen LogP contribution >= 0.6 is 0 Å². The van der Waals surface area contributed by atoms with E-state index in [1.807, 2.05) is 24.5 Å². The van der Waals surface area contributed by atoms with Gasteiger partial charge in [-0.1, -0.05) is 200 Å². The van der Waals surface area contributed by atoms with E-state index in [-0.39, 0.29) is 0 Å². The number of benzene rings is 9. The van der Waals surface area contributed by atoms with Gasteiger partial charge in [-0.3, -0.25) is 4.98 Å². The van der Waals surface area contributed by atoms with E-state index in [0.29, 0.717) is 17.5 Å². The fraction of sp³-hybridized carbons (Fsp3) is 0. The van der Waals surface area contributed by atoms with Gasteiger partial charge in [-0.25, -0.2) is 15.0 Å². The van der Waals surface area contributed by atoms with E-state index >= 15 is 0 Å². The predicted octanol–water partition coefficient (Wildman–Crippen LogP) is 14.9. The number of aromatic nitrogens is 4. The number of pyridine rings is 1. The maximum atomic E-state index is 5.05. The Balaban J connectivity index is 0.882. The second kappa shape index (κ2) is 16.0. The summed E-state index contributed by atoms with van der Waals surface area (Å²) in [4.78, 5) is 19.5. The van der Waals surface area contributed by atoms with Gasteiger partial charge >= 0.3 is 0 Å². The lowest BCUT2D eigenvalue weighted by atomic mass is 9.95. The molecule has 62 heavy (non-hydrogen) atoms. The van der Waals surface area contributed by atoms with Crippen LogP contribution in [0, 0.1) is 0 Å². The lowest BCUT2D eigenvalue weighted by Gasteiger charge is -2.11. The average molecular weight is 791 g/mol. The molecule has 0 aliphatic heterocycles. The molecule has 4 nitrogen and oxygen atoms in total. The van der Waals surface area contributed by atoms with Crippen molar-refractivity contribution in [2.45, 2.75) is 0 Å². The van der Waals surface area contributed by atoms with Gasteiger partial charge in [0.2, 0.25) is 0 Å². The van der Waals surface area contributed by atoms with E-state index in [0.717, 1.165) is 38.9 Å². The van der Waals surface area contributed by atoms with Crippen LogP contribution in [0.5, 0.6) is 0 Å². The third-order valence-electron chi connectivity index (χ3n) is 11.7. The molecule has 2 heterocycles. The Morgan fingerprint density at radius 1 is 0.226 bits per heavy atom. The number of rotatable bonds is 8. The normalized spacial score (nSPS) is 11.2. The minimum atomic E-state index is 0.626. The minimum absolute atomic E-state index is 0.626. The molecule has 0 aliphatic carbocycles. The van der Waals surface area contributed by atoms with Crippen molar-refractivity contribution in [1.82, 2.24) is 19.9 Å². The molecule has 0 radical (unpaired) electrons. The minimum Gasteiger partial charge on any atom is -0.264 e. The van der Waals surface area contributed by atoms with Crippen molar-refractivity contribution < 1.29 is 0 Å². The van der Waals surface area contributed by atoms with Gasteiger partial charge in [0, 0.05) is 34.5 Å². The number of hydrogen-bond donors (Lipinski definition) is 0. The summed E-state index contributed by atoms with van der Waals surface area (Å²) in [6.45, 7) is 0. The third-order valence-corrected chi connectivity index (χ3v) is 11.7. The van der Waals surface area contributed by atoms with Crippen molar-refractivity contribution >= 4 is 21.5 Å². The SMILES string of the molecule is c1ccc(-c2ccc(-c3nc(-c4ccc(-c5ccccc5)cc4)nc(-c4ccc(-c5cccc(-c6ccc(-c7ccc8c(ccc9ccncc98)c7)cc6)c5)cc4)n3)cc2)cc1. The number of nitrogens with zero attached hydrogens (tertiary/aromatic N) is 4. The van der Waals surface area contributed by atoms with Crippen molar-refractivity contribution in [2.24, 2.45) is 0 Å². The summed E-state index contributed by atoms with van der Waals surface area (Å²) in [6, 6.07) is 76.9. The van der Waals surface area contributed by atoms with Crippen molar-refractivity contribution in [3.63, 3.8) is 0 Å². The highest BCUT2D eigenvalue weighted by Crippen LogP contribution is 2.34. The molecule has 0 bridgehead atoms. The maximum absolute atomic E-state index is 5.05. The highest BCUT2D eigenvalue weighted by Gasteiger charge is 2.14. The first-order valence-corrected chi connectivity index (χ1v) is 20.8. The van der Waals surface area contributed by atoms with E-state index in [2.05, 4.69) is 211 Å². The lowest BCUT2D eigenvalue weighted by molar-refractivity contribution is 1.07. The molecular formula is C58H38N4. The van der Waals surface area contributed by atoms with E-state index in [4.69, 9.17) is 15.0 Å². The number of fused-ring (bicyclic) bond motifs is 3. The Kier molecular flexibility index (Phi) is 9.49. The smallest absolute Gasteiger partial charge is 0.164 e. The highest BCUT2D eigenvalue weighted by atomic mass is 15.0. The first-order valence-electron chi connectivity index (χ1n) is 20.8. The van der Waals surface area contributed by atoms with Crippen molar-refractivity contribution in [2.75, 3.05) is 0 Å². The Hall–Kier alpha value is -8.34. The summed E-state index contributed by atoms with van der Waals surface area (Å²) >= 11 is 0. The third kappa shape index (κ3) is 7.31. The van der Waals surface area contributed by atoms with Crippen LogP contribution in [-0.4, -0.2) is 19.9 Å². The molecule has 4 heteroatoms. The van der Waals surface area contributed by atoms with Crippen LogP contribution in [-0.2, 0) is 0 Å². The van der Waals surface area contributed by atoms with E-state index in [9.17, 15) is 0 Å². The summed E-state index contributed by atoms with van der Waals surface area (Å²) in [5.74, 6) is 1.89. The molecule has 0 fully saturated rings. The first kappa shape index (κ1) is 36.7. The van der Waals surface area contributed by atoms with E-state index < -0.39 is 0 Å². The molecule has 11 rings (SSSR count). The summed E-state index contributed by atoms with van der Waals surface area (Å²) in [7, 11) is 0. The molecule has 0 amide bonds. The van der Waals surface area contributed by atoms with Gasteiger partial charge in [0.05, 0.1) is 0 Å². The molecule has 9 aromatic carbocycles. The van der Waals surface area contributed by atoms with Crippen molar-refractivity contribution in [1.29, 1.82) is 0 Å². The molecule has 0 saturated carbocycles. The van der Waals surface area contributed by atoms with E-state index in [1.165, 1.54) is 54.9 Å². The topological polar surface area (TPSA) is 51.6 Å². The van der Waals surface area contributed by atoms with Crippen LogP contribution in [0.15, 0.2) is 231 Å². The second-order valence-corrected chi connectivity index (χ2v) is 15.5. The van der Waals surface area contributed by atoms with Crippen LogP contribution in [0.2, 0.25) is 0 Å². The quantitative estimate of drug-likeness (QED) is 0.144. The lowest BCUT2D eigenvalue weighted by Crippen LogP contribution is -2.00. The summed E-state index contributed by atoms with van der Waals surface area (Å²) in [6.07, 6.45) is 3.80. The van der Waals surface area contributed by atoms with Gasteiger partial charge in [-0.2, -0.15) is 0 Å². The Bertz CT molecular complexity index is 3240. The van der Waals surface area contributed by atoms with Crippen LogP contribution in [0.4, 0.5) is 0 Å². The predicted molar refractivity (Wildman–Crippen MR) is 256 cm³/mol. The molecule has 290 valence electrons. The van der Waals surface area contributed by atoms with Crippen LogP contribution in [0.1, 0.15) is 0 Å². The van der Waals surface area contributed by atoms with Gasteiger partial charge in [-0.05, 0) is 90.0 Å². The molecule has 0 saturated heterocycles. The fourth-order valence-electron chi connectivity index (χ4n) is 8.27. The molecule has 0 atom stereocenters. The van der Waals surface area contributed by atoms with Crippen LogP contribution in [0.3, 0.4) is 0 Å². The zero-order chi connectivity index (χ0) is 41.2. The van der Waals surface area contributed by atoms with Gasteiger partial charge < -0.3 is 0 Å².